The van der Waals surface area contributed by atoms with E-state index in [2.05, 4.69) is 21.3 Å². The zero-order valence-electron chi connectivity index (χ0n) is 26.6. The number of amides is 3. The van der Waals surface area contributed by atoms with Gasteiger partial charge in [-0.1, -0.05) is 82.2 Å². The molecule has 2 N–H and O–H groups in total. The Balaban J connectivity index is -0.000000441. The summed E-state index contributed by atoms with van der Waals surface area (Å²) in [6, 6.07) is 6.49. The van der Waals surface area contributed by atoms with Crippen LogP contribution in [-0.2, 0) is 23.9 Å². The second-order valence-electron chi connectivity index (χ2n) is 10.3. The number of ether oxygens (including phenoxy) is 1. The predicted molar refractivity (Wildman–Crippen MR) is 198 cm³/mol. The molecule has 1 aromatic rings. The van der Waals surface area contributed by atoms with Gasteiger partial charge in [-0.3, -0.25) is 14.4 Å². The molecule has 2 rings (SSSR count). The first kappa shape index (κ1) is 64.1. The van der Waals surface area contributed by atoms with Crippen LogP contribution in [0.3, 0.4) is 0 Å². The summed E-state index contributed by atoms with van der Waals surface area (Å²) in [6.45, 7) is 4.82. The molecule has 0 radical (unpaired) electrons. The van der Waals surface area contributed by atoms with Crippen LogP contribution in [0.1, 0.15) is 133 Å². The Kier molecular flexibility index (Phi) is 49.5. The van der Waals surface area contributed by atoms with Crippen molar-refractivity contribution < 1.29 is 145 Å². The first-order valence-electron chi connectivity index (χ1n) is 14.6. The predicted octanol–water partition coefficient (Wildman–Crippen LogP) is 2.87. The first-order chi connectivity index (χ1) is 19.7. The Morgan fingerprint density at radius 2 is 1.45 bits per heavy atom. The van der Waals surface area contributed by atoms with E-state index < -0.39 is 18.2 Å². The molecule has 1 aromatic carbocycles. The third-order valence-corrected chi connectivity index (χ3v) is 7.03. The number of benzene rings is 1. The molecule has 274 valence electrons. The van der Waals surface area contributed by atoms with Crippen molar-refractivity contribution in [1.82, 2.24) is 10.6 Å². The van der Waals surface area contributed by atoms with E-state index in [0.29, 0.717) is 37.2 Å². The van der Waals surface area contributed by atoms with Crippen LogP contribution >= 0.6 is 0 Å². The van der Waals surface area contributed by atoms with Crippen molar-refractivity contribution in [2.24, 2.45) is 5.92 Å². The third-order valence-electron chi connectivity index (χ3n) is 7.03. The summed E-state index contributed by atoms with van der Waals surface area (Å²) >= 11 is 0. The molecule has 0 bridgehead atoms. The number of allylic oxidation sites excluding steroid dienone is 2. The first-order valence-corrected chi connectivity index (χ1v) is 14.6. The van der Waals surface area contributed by atoms with Crippen LogP contribution in [0.25, 0.3) is 10.6 Å². The minimum atomic E-state index is -0.606. The maximum absolute atomic E-state index is 12.9. The molecule has 0 spiro atoms. The SMILES string of the molecule is C.C.C.C.C.C.CNC1=C(C(=O)c2ccc([N-]C(=O)CC(=O)[N-]CCOCCCC(=O)NCCCCC(C)C(C)=O)cc2)CCCC1.[Rb+].[Rb+]. The van der Waals surface area contributed by atoms with Crippen molar-refractivity contribution in [1.29, 1.82) is 0 Å². The number of hydrogen-bond acceptors (Lipinski definition) is 7. The van der Waals surface area contributed by atoms with Gasteiger partial charge in [-0.05, 0) is 51.9 Å². The Labute approximate surface area is 398 Å². The number of ketones is 2. The van der Waals surface area contributed by atoms with Gasteiger partial charge in [0.05, 0.1) is 11.8 Å². The minimum absolute atomic E-state index is 0. The fourth-order valence-electron chi connectivity index (χ4n) is 4.43. The smallest absolute Gasteiger partial charge is 0.651 e. The van der Waals surface area contributed by atoms with Crippen LogP contribution in [0.5, 0.6) is 0 Å². The van der Waals surface area contributed by atoms with Crippen molar-refractivity contribution in [2.75, 3.05) is 33.4 Å². The maximum atomic E-state index is 12.9. The van der Waals surface area contributed by atoms with Crippen LogP contribution in [0, 0.1) is 5.92 Å². The van der Waals surface area contributed by atoms with E-state index in [9.17, 15) is 24.0 Å². The maximum Gasteiger partial charge on any atom is 1.00 e. The molecule has 0 fully saturated rings. The largest absolute Gasteiger partial charge is 1.00 e. The van der Waals surface area contributed by atoms with Crippen LogP contribution in [0.4, 0.5) is 5.69 Å². The number of hydrogen-bond donors (Lipinski definition) is 2. The summed E-state index contributed by atoms with van der Waals surface area (Å²) in [5.41, 5.74) is 2.71. The molecule has 1 aliphatic carbocycles. The molecule has 0 heterocycles. The minimum Gasteiger partial charge on any atom is -0.651 e. The van der Waals surface area contributed by atoms with E-state index in [4.69, 9.17) is 4.74 Å². The quantitative estimate of drug-likeness (QED) is 0.124. The van der Waals surface area contributed by atoms with Crippen LogP contribution in [0.2, 0.25) is 0 Å². The molecule has 0 aliphatic heterocycles. The molecular weight excluding hydrogens is 767 g/mol. The van der Waals surface area contributed by atoms with Crippen molar-refractivity contribution >= 4 is 35.0 Å². The second kappa shape index (κ2) is 37.8. The summed E-state index contributed by atoms with van der Waals surface area (Å²) in [7, 11) is 1.83. The molecule has 3 amide bonds. The average molecular weight is 836 g/mol. The molecule has 10 nitrogen and oxygen atoms in total. The summed E-state index contributed by atoms with van der Waals surface area (Å²) in [6.07, 6.45) is 6.72. The molecule has 0 saturated heterocycles. The summed E-state index contributed by atoms with van der Waals surface area (Å²) in [5.74, 6) is -0.977. The van der Waals surface area contributed by atoms with Gasteiger partial charge in [0.1, 0.15) is 5.78 Å². The van der Waals surface area contributed by atoms with Crippen LogP contribution in [0.15, 0.2) is 35.5 Å². The molecule has 0 aromatic heterocycles. The number of nitrogens with one attached hydrogen (secondary N) is 2. The van der Waals surface area contributed by atoms with Crippen molar-refractivity contribution in [3.63, 3.8) is 0 Å². The van der Waals surface area contributed by atoms with E-state index in [0.717, 1.165) is 56.2 Å². The zero-order valence-corrected chi connectivity index (χ0v) is 36.5. The standard InChI is InChI=1S/C31H46N4O6.6CH4.2Rb/c1-22(23(2)36)9-6-7-17-33-28(37)12-8-19-41-20-18-34-29(38)21-30(39)35-25-15-13-24(14-16-25)31(40)26-10-4-5-11-27(26)32-3;;;;;;;;/h13-16,22H,4-12,17-21H2,1-3H3,(H4,32,33,34,35,37,38,39,40);6*1H4;;/q;;;;;;;2*+1/p-2. The van der Waals surface area contributed by atoms with Gasteiger partial charge in [0.25, 0.3) is 0 Å². The normalized spacial score (nSPS) is 11.5. The second-order valence-corrected chi connectivity index (χ2v) is 10.3. The van der Waals surface area contributed by atoms with Crippen molar-refractivity contribution in [2.45, 2.75) is 123 Å². The van der Waals surface area contributed by atoms with Gasteiger partial charge in [-0.15, -0.1) is 12.2 Å². The molecule has 1 atom stereocenters. The van der Waals surface area contributed by atoms with Crippen molar-refractivity contribution in [3.05, 3.63) is 51.7 Å². The Hall–Kier alpha value is 0.0804. The summed E-state index contributed by atoms with van der Waals surface area (Å²) in [4.78, 5) is 60.1. The molecule has 0 saturated carbocycles. The monoisotopic (exact) mass is 834 g/mol. The van der Waals surface area contributed by atoms with Crippen LogP contribution < -0.4 is 127 Å². The average Bonchev–Trinajstić information content (AvgIpc) is 2.96. The van der Waals surface area contributed by atoms with Gasteiger partial charge >= 0.3 is 116 Å². The number of Topliss-reactive ketones (excluding diaryl/α,β-unsaturated/α-hetero) is 2. The molecular formula is C37H68N4O6Rb2. The number of rotatable bonds is 19. The van der Waals surface area contributed by atoms with E-state index >= 15 is 0 Å². The van der Waals surface area contributed by atoms with Gasteiger partial charge < -0.3 is 35.6 Å². The van der Waals surface area contributed by atoms with Crippen LogP contribution in [-0.4, -0.2) is 62.6 Å². The fraction of sp³-hybridized carbons (Fsp3) is 0.649. The number of unbranched alkanes of at least 4 members (excludes halogenated alkanes) is 1. The van der Waals surface area contributed by atoms with Gasteiger partial charge in [0.2, 0.25) is 5.91 Å². The van der Waals surface area contributed by atoms with E-state index in [-0.39, 0.29) is 197 Å². The van der Waals surface area contributed by atoms with Gasteiger partial charge in [-0.2, -0.15) is 0 Å². The van der Waals surface area contributed by atoms with Gasteiger partial charge in [0, 0.05) is 62.4 Å². The van der Waals surface area contributed by atoms with E-state index in [1.807, 2.05) is 14.0 Å². The zero-order chi connectivity index (χ0) is 30.0. The molecule has 1 aliphatic rings. The number of carbonyl (C=O) groups excluding carboxylic acids is 5. The number of carbonyl (C=O) groups is 5. The van der Waals surface area contributed by atoms with Gasteiger partial charge in [-0.25, -0.2) is 0 Å². The topological polar surface area (TPSA) is 147 Å². The summed E-state index contributed by atoms with van der Waals surface area (Å²) in [5, 5.41) is 13.8. The van der Waals surface area contributed by atoms with E-state index in [1.165, 1.54) is 0 Å². The molecule has 1 unspecified atom stereocenters. The molecule has 49 heavy (non-hydrogen) atoms. The molecule has 12 heteroatoms. The van der Waals surface area contributed by atoms with Gasteiger partial charge in [0.15, 0.2) is 5.78 Å². The summed E-state index contributed by atoms with van der Waals surface area (Å²) < 4.78 is 5.41. The third kappa shape index (κ3) is 27.4. The Bertz CT molecular complexity index is 1080. The Morgan fingerprint density at radius 1 is 0.837 bits per heavy atom. The van der Waals surface area contributed by atoms with Crippen molar-refractivity contribution in [3.8, 4) is 0 Å². The van der Waals surface area contributed by atoms with E-state index in [1.54, 1.807) is 31.2 Å². The fourth-order valence-corrected chi connectivity index (χ4v) is 4.43. The number of nitrogens with zero attached hydrogens (tertiary/aromatic N) is 2. The Morgan fingerprint density at radius 3 is 2.04 bits per heavy atom.